The Balaban J connectivity index is 2.29. The number of benzene rings is 1. The second-order valence-corrected chi connectivity index (χ2v) is 9.36. The minimum atomic E-state index is -4.61. The highest BCUT2D eigenvalue weighted by atomic mass is 19.4. The fourth-order valence-corrected chi connectivity index (χ4v) is 4.02. The quantitative estimate of drug-likeness (QED) is 0.528. The molecule has 1 aliphatic heterocycles. The zero-order valence-corrected chi connectivity index (χ0v) is 20.3. The van der Waals surface area contributed by atoms with E-state index in [4.69, 9.17) is 9.47 Å². The maximum atomic E-state index is 14.0. The van der Waals surface area contributed by atoms with Crippen LogP contribution in [0.2, 0.25) is 0 Å². The van der Waals surface area contributed by atoms with E-state index in [-0.39, 0.29) is 30.3 Å². The molecule has 0 saturated carbocycles. The van der Waals surface area contributed by atoms with Gasteiger partial charge in [-0.3, -0.25) is 4.90 Å². The van der Waals surface area contributed by atoms with Gasteiger partial charge in [0.05, 0.1) is 17.7 Å². The minimum Gasteiger partial charge on any atom is -0.462 e. The summed E-state index contributed by atoms with van der Waals surface area (Å²) in [5, 5.41) is 0. The van der Waals surface area contributed by atoms with Crippen LogP contribution < -0.4 is 0 Å². The molecule has 0 aliphatic carbocycles. The van der Waals surface area contributed by atoms with Crippen molar-refractivity contribution in [3.8, 4) is 0 Å². The van der Waals surface area contributed by atoms with Crippen LogP contribution in [-0.4, -0.2) is 60.2 Å². The van der Waals surface area contributed by atoms with Crippen LogP contribution >= 0.6 is 0 Å². The predicted octanol–water partition coefficient (Wildman–Crippen LogP) is 5.28. The molecule has 0 N–H and O–H groups in total. The number of rotatable bonds is 6. The lowest BCUT2D eigenvalue weighted by Gasteiger charge is -2.38. The van der Waals surface area contributed by atoms with E-state index in [2.05, 4.69) is 0 Å². The maximum absolute atomic E-state index is 14.0. The molecule has 9 heteroatoms. The Morgan fingerprint density at radius 2 is 1.85 bits per heavy atom. The monoisotopic (exact) mass is 472 g/mol. The first-order valence-corrected chi connectivity index (χ1v) is 11.3. The van der Waals surface area contributed by atoms with E-state index in [1.54, 1.807) is 41.7 Å². The first-order valence-electron chi connectivity index (χ1n) is 11.3. The SMILES string of the molecule is CCOC(=O)c1cc(CC)c(CN2CCC[C@H](N(C)C(=O)OC(C)(C)C)C2)c(C(F)(F)F)c1. The van der Waals surface area contributed by atoms with Gasteiger partial charge in [-0.25, -0.2) is 9.59 Å². The molecule has 0 aromatic heterocycles. The number of likely N-dealkylation sites (tertiary alicyclic amines) is 1. The summed E-state index contributed by atoms with van der Waals surface area (Å²) in [4.78, 5) is 28.0. The van der Waals surface area contributed by atoms with Crippen molar-refractivity contribution in [1.82, 2.24) is 9.80 Å². The molecule has 0 radical (unpaired) electrons. The Morgan fingerprint density at radius 1 is 1.18 bits per heavy atom. The molecule has 1 aromatic carbocycles. The molecule has 1 fully saturated rings. The van der Waals surface area contributed by atoms with Gasteiger partial charge in [-0.15, -0.1) is 0 Å². The van der Waals surface area contributed by atoms with E-state index in [1.807, 2.05) is 4.90 Å². The third-order valence-corrected chi connectivity index (χ3v) is 5.63. The summed E-state index contributed by atoms with van der Waals surface area (Å²) >= 11 is 0. The van der Waals surface area contributed by atoms with Crippen molar-refractivity contribution in [2.75, 3.05) is 26.7 Å². The largest absolute Gasteiger partial charge is 0.462 e. The molecule has 1 atom stereocenters. The van der Waals surface area contributed by atoms with Crippen LogP contribution in [0.3, 0.4) is 0 Å². The average molecular weight is 473 g/mol. The second kappa shape index (κ2) is 10.8. The fraction of sp³-hybridized carbons (Fsp3) is 0.667. The van der Waals surface area contributed by atoms with Gasteiger partial charge in [0.15, 0.2) is 0 Å². The molecule has 1 heterocycles. The van der Waals surface area contributed by atoms with Crippen molar-refractivity contribution < 1.29 is 32.2 Å². The number of halogens is 3. The lowest BCUT2D eigenvalue weighted by Crippen LogP contribution is -2.49. The van der Waals surface area contributed by atoms with Gasteiger partial charge < -0.3 is 14.4 Å². The average Bonchev–Trinajstić information content (AvgIpc) is 2.71. The van der Waals surface area contributed by atoms with Gasteiger partial charge in [0, 0.05) is 26.2 Å². The van der Waals surface area contributed by atoms with E-state index in [0.29, 0.717) is 25.1 Å². The van der Waals surface area contributed by atoms with Crippen molar-refractivity contribution in [2.24, 2.45) is 0 Å². The zero-order valence-electron chi connectivity index (χ0n) is 20.3. The van der Waals surface area contributed by atoms with Gasteiger partial charge in [0.25, 0.3) is 0 Å². The smallest absolute Gasteiger partial charge is 0.416 e. The minimum absolute atomic E-state index is 0.0831. The zero-order chi connectivity index (χ0) is 25.0. The van der Waals surface area contributed by atoms with Crippen molar-refractivity contribution in [3.05, 3.63) is 34.4 Å². The molecular formula is C24H35F3N2O4. The Kier molecular flexibility index (Phi) is 8.79. The molecule has 33 heavy (non-hydrogen) atoms. The van der Waals surface area contributed by atoms with Gasteiger partial charge in [-0.2, -0.15) is 13.2 Å². The predicted molar refractivity (Wildman–Crippen MR) is 119 cm³/mol. The van der Waals surface area contributed by atoms with Crippen LogP contribution in [0, 0.1) is 0 Å². The third kappa shape index (κ3) is 7.35. The van der Waals surface area contributed by atoms with Crippen LogP contribution in [0.4, 0.5) is 18.0 Å². The maximum Gasteiger partial charge on any atom is 0.416 e. The van der Waals surface area contributed by atoms with Crippen molar-refractivity contribution in [2.45, 2.75) is 78.2 Å². The van der Waals surface area contributed by atoms with E-state index in [1.165, 1.54) is 11.0 Å². The lowest BCUT2D eigenvalue weighted by atomic mass is 9.94. The van der Waals surface area contributed by atoms with E-state index in [0.717, 1.165) is 18.9 Å². The molecule has 0 bridgehead atoms. The summed E-state index contributed by atoms with van der Waals surface area (Å²) < 4.78 is 52.3. The molecule has 2 rings (SSSR count). The van der Waals surface area contributed by atoms with E-state index >= 15 is 0 Å². The Labute approximate surface area is 194 Å². The topological polar surface area (TPSA) is 59.1 Å². The number of hydrogen-bond acceptors (Lipinski definition) is 5. The standard InChI is InChI=1S/C24H35F3N2O4/c1-7-16-12-17(21(30)32-8-2)13-20(24(25,26)27)19(16)15-29-11-9-10-18(14-29)28(6)22(31)33-23(3,4)5/h12-13,18H,7-11,14-15H2,1-6H3/t18-/m0/s1. The van der Waals surface area contributed by atoms with Crippen molar-refractivity contribution >= 4 is 12.1 Å². The number of nitrogens with zero attached hydrogens (tertiary/aromatic N) is 2. The number of ether oxygens (including phenoxy) is 2. The van der Waals surface area contributed by atoms with Crippen LogP contribution in [0.5, 0.6) is 0 Å². The van der Waals surface area contributed by atoms with Crippen molar-refractivity contribution in [1.29, 1.82) is 0 Å². The number of hydrogen-bond donors (Lipinski definition) is 0. The van der Waals surface area contributed by atoms with Gasteiger partial charge >= 0.3 is 18.2 Å². The molecule has 6 nitrogen and oxygen atoms in total. The molecular weight excluding hydrogens is 437 g/mol. The number of esters is 1. The van der Waals surface area contributed by atoms with Gasteiger partial charge in [0.1, 0.15) is 5.60 Å². The third-order valence-electron chi connectivity index (χ3n) is 5.63. The number of alkyl halides is 3. The van der Waals surface area contributed by atoms with Gasteiger partial charge in [-0.1, -0.05) is 6.92 Å². The highest BCUT2D eigenvalue weighted by molar-refractivity contribution is 5.90. The normalized spacial score (nSPS) is 17.5. The summed E-state index contributed by atoms with van der Waals surface area (Å²) in [5.74, 6) is -0.763. The van der Waals surface area contributed by atoms with Gasteiger partial charge in [-0.05, 0) is 76.8 Å². The van der Waals surface area contributed by atoms with Crippen LogP contribution in [-0.2, 0) is 28.6 Å². The molecule has 0 unspecified atom stereocenters. The summed E-state index contributed by atoms with van der Waals surface area (Å²) in [5.41, 5.74) is -0.898. The van der Waals surface area contributed by atoms with Crippen LogP contribution in [0.15, 0.2) is 12.1 Å². The number of likely N-dealkylation sites (N-methyl/N-ethyl adjacent to an activating group) is 1. The van der Waals surface area contributed by atoms with Crippen LogP contribution in [0.25, 0.3) is 0 Å². The summed E-state index contributed by atoms with van der Waals surface area (Å²) in [6.45, 7) is 9.98. The number of carbonyl (C=O) groups excluding carboxylic acids is 2. The number of aryl methyl sites for hydroxylation is 1. The highest BCUT2D eigenvalue weighted by Gasteiger charge is 2.37. The summed E-state index contributed by atoms with van der Waals surface area (Å²) in [6, 6.07) is 2.23. The molecule has 1 aliphatic rings. The second-order valence-electron chi connectivity index (χ2n) is 9.36. The first kappa shape index (κ1) is 27.0. The molecule has 0 spiro atoms. The fourth-order valence-electron chi connectivity index (χ4n) is 4.02. The number of carbonyl (C=O) groups is 2. The molecule has 186 valence electrons. The first-order chi connectivity index (χ1) is 15.3. The number of amides is 1. The Bertz CT molecular complexity index is 849. The van der Waals surface area contributed by atoms with E-state index < -0.39 is 29.4 Å². The molecule has 1 saturated heterocycles. The summed E-state index contributed by atoms with van der Waals surface area (Å²) in [6.07, 6.45) is -3.20. The Hall–Kier alpha value is -2.29. The Morgan fingerprint density at radius 3 is 2.39 bits per heavy atom. The summed E-state index contributed by atoms with van der Waals surface area (Å²) in [7, 11) is 1.66. The molecule has 1 amide bonds. The van der Waals surface area contributed by atoms with E-state index in [9.17, 15) is 22.8 Å². The lowest BCUT2D eigenvalue weighted by molar-refractivity contribution is -0.138. The van der Waals surface area contributed by atoms with Gasteiger partial charge in [0.2, 0.25) is 0 Å². The number of piperidine rings is 1. The highest BCUT2D eigenvalue weighted by Crippen LogP contribution is 2.36. The van der Waals surface area contributed by atoms with Crippen LogP contribution in [0.1, 0.15) is 74.5 Å². The van der Waals surface area contributed by atoms with Crippen molar-refractivity contribution in [3.63, 3.8) is 0 Å². The molecule has 1 aromatic rings.